The Morgan fingerprint density at radius 2 is 1.38 bits per heavy atom. The fourth-order valence-corrected chi connectivity index (χ4v) is 4.72. The van der Waals surface area contributed by atoms with E-state index in [1.165, 1.54) is 0 Å². The average Bonchev–Trinajstić information content (AvgIpc) is 2.84. The Hall–Kier alpha value is -2.91. The summed E-state index contributed by atoms with van der Waals surface area (Å²) in [6.07, 6.45) is 0. The number of hydrogen-bond acceptors (Lipinski definition) is 7. The van der Waals surface area contributed by atoms with Gasteiger partial charge < -0.3 is 18.9 Å². The van der Waals surface area contributed by atoms with Crippen molar-refractivity contribution in [2.24, 2.45) is 0 Å². The first-order chi connectivity index (χ1) is 17.7. The number of pyridine rings is 1. The van der Waals surface area contributed by atoms with Crippen LogP contribution in [0.5, 0.6) is 11.5 Å². The van der Waals surface area contributed by atoms with Gasteiger partial charge in [-0.15, -0.1) is 0 Å². The first kappa shape index (κ1) is 28.7. The average molecular weight is 635 g/mol. The van der Waals surface area contributed by atoms with Crippen molar-refractivity contribution in [3.05, 3.63) is 73.4 Å². The maximum Gasteiger partial charge on any atom is 0.340 e. The van der Waals surface area contributed by atoms with Crippen LogP contribution < -0.4 is 9.47 Å². The van der Waals surface area contributed by atoms with E-state index in [0.717, 1.165) is 10.0 Å². The Balaban J connectivity index is 2.21. The van der Waals surface area contributed by atoms with Gasteiger partial charge in [-0.2, -0.15) is 0 Å². The molecule has 0 aliphatic rings. The Morgan fingerprint density at radius 3 is 1.89 bits per heavy atom. The van der Waals surface area contributed by atoms with Crippen LogP contribution in [0, 0.1) is 13.8 Å². The van der Waals surface area contributed by atoms with E-state index in [1.54, 1.807) is 39.8 Å². The number of nitrogens with zero attached hydrogens (tertiary/aromatic N) is 1. The van der Waals surface area contributed by atoms with Crippen molar-refractivity contribution >= 4 is 43.8 Å². The highest BCUT2D eigenvalue weighted by atomic mass is 79.9. The van der Waals surface area contributed by atoms with Gasteiger partial charge in [-0.1, -0.05) is 28.1 Å². The van der Waals surface area contributed by atoms with Crippen LogP contribution >= 0.6 is 31.9 Å². The van der Waals surface area contributed by atoms with Crippen LogP contribution in [0.1, 0.15) is 58.4 Å². The molecule has 2 aromatic carbocycles. The van der Waals surface area contributed by atoms with E-state index in [-0.39, 0.29) is 24.3 Å². The fourth-order valence-electron chi connectivity index (χ4n) is 3.90. The Bertz CT molecular complexity index is 1250. The molecule has 0 amide bonds. The summed E-state index contributed by atoms with van der Waals surface area (Å²) in [6.45, 7) is 9.80. The minimum absolute atomic E-state index is 0.178. The first-order valence-corrected chi connectivity index (χ1v) is 13.5. The molecule has 1 heterocycles. The van der Waals surface area contributed by atoms with E-state index in [2.05, 4.69) is 36.8 Å². The second-order valence-electron chi connectivity index (χ2n) is 7.98. The second-order valence-corrected chi connectivity index (χ2v) is 9.75. The molecule has 1 aromatic heterocycles. The Labute approximate surface area is 233 Å². The number of hydrogen-bond donors (Lipinski definition) is 0. The van der Waals surface area contributed by atoms with E-state index in [0.29, 0.717) is 51.7 Å². The zero-order valence-electron chi connectivity index (χ0n) is 21.4. The van der Waals surface area contributed by atoms with Crippen LogP contribution in [-0.4, -0.2) is 36.7 Å². The molecule has 0 bridgehead atoms. The van der Waals surface area contributed by atoms with Gasteiger partial charge in [-0.05, 0) is 85.9 Å². The predicted molar refractivity (Wildman–Crippen MR) is 148 cm³/mol. The lowest BCUT2D eigenvalue weighted by molar-refractivity contribution is 0.0525. The summed E-state index contributed by atoms with van der Waals surface area (Å²) in [6, 6.07) is 11.4. The van der Waals surface area contributed by atoms with Crippen LogP contribution in [-0.2, 0) is 16.1 Å². The molecule has 0 aliphatic carbocycles. The van der Waals surface area contributed by atoms with E-state index in [9.17, 15) is 9.59 Å². The molecule has 0 fully saturated rings. The maximum absolute atomic E-state index is 13.1. The third-order valence-corrected chi connectivity index (χ3v) is 6.53. The van der Waals surface area contributed by atoms with Crippen molar-refractivity contribution in [2.75, 3.05) is 19.8 Å². The summed E-state index contributed by atoms with van der Waals surface area (Å²) in [7, 11) is 0. The number of aryl methyl sites for hydroxylation is 2. The Kier molecular flexibility index (Phi) is 10.1. The zero-order valence-corrected chi connectivity index (χ0v) is 24.6. The van der Waals surface area contributed by atoms with Gasteiger partial charge >= 0.3 is 11.9 Å². The van der Waals surface area contributed by atoms with Crippen LogP contribution in [0.15, 0.2) is 45.3 Å². The van der Waals surface area contributed by atoms with Crippen molar-refractivity contribution in [1.29, 1.82) is 0 Å². The molecule has 3 rings (SSSR count). The number of carbonyl (C=O) groups excluding carboxylic acids is 2. The van der Waals surface area contributed by atoms with Gasteiger partial charge in [0, 0.05) is 10.0 Å². The maximum atomic E-state index is 13.1. The zero-order chi connectivity index (χ0) is 27.1. The van der Waals surface area contributed by atoms with Gasteiger partial charge in [-0.3, -0.25) is 4.98 Å². The summed E-state index contributed by atoms with van der Waals surface area (Å²) in [4.78, 5) is 30.6. The number of carbonyl (C=O) groups is 2. The van der Waals surface area contributed by atoms with Gasteiger partial charge in [0.05, 0.1) is 46.8 Å². The van der Waals surface area contributed by atoms with E-state index < -0.39 is 11.9 Å². The molecule has 9 heteroatoms. The van der Waals surface area contributed by atoms with E-state index >= 15 is 0 Å². The van der Waals surface area contributed by atoms with Gasteiger partial charge in [0.1, 0.15) is 6.61 Å². The highest BCUT2D eigenvalue weighted by Crippen LogP contribution is 2.43. The second kappa shape index (κ2) is 13.1. The van der Waals surface area contributed by atoms with Crippen molar-refractivity contribution in [2.45, 2.75) is 41.2 Å². The summed E-state index contributed by atoms with van der Waals surface area (Å²) in [5, 5.41) is 0. The molecule has 0 saturated carbocycles. The van der Waals surface area contributed by atoms with Crippen molar-refractivity contribution in [1.82, 2.24) is 4.98 Å². The highest BCUT2D eigenvalue weighted by Gasteiger charge is 2.29. The molecule has 3 aromatic rings. The van der Waals surface area contributed by atoms with Crippen molar-refractivity contribution in [3.8, 4) is 22.6 Å². The van der Waals surface area contributed by atoms with Gasteiger partial charge in [-0.25, -0.2) is 9.59 Å². The smallest absolute Gasteiger partial charge is 0.340 e. The van der Waals surface area contributed by atoms with Gasteiger partial charge in [0.15, 0.2) is 11.5 Å². The molecular formula is C28H29Br2NO6. The number of rotatable bonds is 10. The van der Waals surface area contributed by atoms with Crippen LogP contribution in [0.2, 0.25) is 0 Å². The van der Waals surface area contributed by atoms with Crippen LogP contribution in [0.4, 0.5) is 0 Å². The number of halogens is 2. The summed E-state index contributed by atoms with van der Waals surface area (Å²) < 4.78 is 24.3. The molecule has 0 saturated heterocycles. The molecule has 0 atom stereocenters. The lowest BCUT2D eigenvalue weighted by Crippen LogP contribution is -2.17. The minimum Gasteiger partial charge on any atom is -0.490 e. The van der Waals surface area contributed by atoms with Crippen LogP contribution in [0.3, 0.4) is 0 Å². The lowest BCUT2D eigenvalue weighted by atomic mass is 9.92. The SMILES string of the molecule is CCOC(=O)c1c(C)nc(C)c(C(=O)OCC)c1-c1cc(Br)c(OCc2ccc(Br)cc2)c(OCC)c1. The predicted octanol–water partition coefficient (Wildman–Crippen LogP) is 7.22. The Morgan fingerprint density at radius 1 is 0.811 bits per heavy atom. The van der Waals surface area contributed by atoms with Gasteiger partial charge in [0.25, 0.3) is 0 Å². The fraction of sp³-hybridized carbons (Fsp3) is 0.321. The van der Waals surface area contributed by atoms with Crippen molar-refractivity contribution in [3.63, 3.8) is 0 Å². The third kappa shape index (κ3) is 6.70. The highest BCUT2D eigenvalue weighted by molar-refractivity contribution is 9.10. The summed E-state index contributed by atoms with van der Waals surface area (Å²) in [5.41, 5.74) is 3.22. The summed E-state index contributed by atoms with van der Waals surface area (Å²) >= 11 is 7.05. The molecule has 0 unspecified atom stereocenters. The lowest BCUT2D eigenvalue weighted by Gasteiger charge is -2.20. The minimum atomic E-state index is -0.572. The molecule has 0 N–H and O–H groups in total. The quantitative estimate of drug-likeness (QED) is 0.218. The normalized spacial score (nSPS) is 10.7. The number of esters is 2. The number of ether oxygens (including phenoxy) is 4. The molecule has 0 radical (unpaired) electrons. The first-order valence-electron chi connectivity index (χ1n) is 11.9. The molecule has 196 valence electrons. The largest absolute Gasteiger partial charge is 0.490 e. The molecular weight excluding hydrogens is 606 g/mol. The van der Waals surface area contributed by atoms with E-state index in [4.69, 9.17) is 18.9 Å². The molecule has 37 heavy (non-hydrogen) atoms. The van der Waals surface area contributed by atoms with Crippen molar-refractivity contribution < 1.29 is 28.5 Å². The topological polar surface area (TPSA) is 84.0 Å². The summed E-state index contributed by atoms with van der Waals surface area (Å²) in [5.74, 6) is -0.178. The molecule has 0 spiro atoms. The number of aromatic nitrogens is 1. The standard InChI is InChI=1S/C28H29Br2NO6/c1-6-34-22-14-19(13-21(30)26(22)37-15-18-9-11-20(29)12-10-18)25-23(27(32)35-7-2)16(4)31-17(5)24(25)28(33)36-8-3/h9-14H,6-8,15H2,1-5H3. The monoisotopic (exact) mass is 633 g/mol. The van der Waals surface area contributed by atoms with Crippen LogP contribution in [0.25, 0.3) is 11.1 Å². The third-order valence-electron chi connectivity index (χ3n) is 5.41. The van der Waals surface area contributed by atoms with E-state index in [1.807, 2.05) is 31.2 Å². The molecule has 7 nitrogen and oxygen atoms in total. The number of benzene rings is 2. The van der Waals surface area contributed by atoms with Gasteiger partial charge in [0.2, 0.25) is 0 Å². The molecule has 0 aliphatic heterocycles.